The largest absolute Gasteiger partial charge is 0.344 e. The van der Waals surface area contributed by atoms with Crippen molar-refractivity contribution >= 4 is 33.2 Å². The van der Waals surface area contributed by atoms with Crippen LogP contribution in [0.1, 0.15) is 18.7 Å². The second kappa shape index (κ2) is 6.91. The third-order valence-electron chi connectivity index (χ3n) is 2.77. The van der Waals surface area contributed by atoms with Gasteiger partial charge in [0.15, 0.2) is 0 Å². The predicted molar refractivity (Wildman–Crippen MR) is 77.3 cm³/mol. The van der Waals surface area contributed by atoms with Gasteiger partial charge in [-0.25, -0.2) is 0 Å². The van der Waals surface area contributed by atoms with Crippen LogP contribution in [0.3, 0.4) is 0 Å². The van der Waals surface area contributed by atoms with Gasteiger partial charge in [-0.2, -0.15) is 5.26 Å². The summed E-state index contributed by atoms with van der Waals surface area (Å²) in [7, 11) is 1.76. The first-order chi connectivity index (χ1) is 8.45. The molecule has 1 aromatic heterocycles. The SMILES string of the molecule is CC(C)C(C#N)C(=O)N(C)CCc1ccc(Br)s1. The number of hydrogen-bond donors (Lipinski definition) is 0. The van der Waals surface area contributed by atoms with Crippen LogP contribution in [0, 0.1) is 23.2 Å². The van der Waals surface area contributed by atoms with Crippen LogP contribution in [0.5, 0.6) is 0 Å². The van der Waals surface area contributed by atoms with Gasteiger partial charge in [0.25, 0.3) is 0 Å². The molecule has 98 valence electrons. The molecule has 0 radical (unpaired) electrons. The normalized spacial score (nSPS) is 12.2. The summed E-state index contributed by atoms with van der Waals surface area (Å²) in [5, 5.41) is 9.00. The van der Waals surface area contributed by atoms with Crippen LogP contribution in [0.25, 0.3) is 0 Å². The molecular formula is C13H17BrN2OS. The van der Waals surface area contributed by atoms with E-state index in [2.05, 4.69) is 28.1 Å². The molecule has 0 saturated carbocycles. The Morgan fingerprint density at radius 2 is 2.22 bits per heavy atom. The highest BCUT2D eigenvalue weighted by Crippen LogP contribution is 2.22. The molecule has 1 atom stereocenters. The van der Waals surface area contributed by atoms with Gasteiger partial charge in [-0.05, 0) is 40.4 Å². The van der Waals surface area contributed by atoms with Gasteiger partial charge < -0.3 is 4.90 Å². The Morgan fingerprint density at radius 1 is 1.56 bits per heavy atom. The molecule has 5 heteroatoms. The fraction of sp³-hybridized carbons (Fsp3) is 0.538. The molecule has 0 saturated heterocycles. The number of hydrogen-bond acceptors (Lipinski definition) is 3. The minimum atomic E-state index is -0.537. The Bertz CT molecular complexity index is 450. The summed E-state index contributed by atoms with van der Waals surface area (Å²) in [6, 6.07) is 6.15. The molecule has 1 heterocycles. The van der Waals surface area contributed by atoms with Crippen molar-refractivity contribution in [3.8, 4) is 6.07 Å². The molecule has 3 nitrogen and oxygen atoms in total. The number of thiophene rings is 1. The molecule has 1 aromatic rings. The fourth-order valence-electron chi connectivity index (χ4n) is 1.60. The Morgan fingerprint density at radius 3 is 2.67 bits per heavy atom. The van der Waals surface area contributed by atoms with E-state index in [9.17, 15) is 4.79 Å². The first-order valence-corrected chi connectivity index (χ1v) is 7.45. The summed E-state index contributed by atoms with van der Waals surface area (Å²) in [5.74, 6) is -0.561. The van der Waals surface area contributed by atoms with E-state index >= 15 is 0 Å². The second-order valence-corrected chi connectivity index (χ2v) is 7.11. The quantitative estimate of drug-likeness (QED) is 0.832. The predicted octanol–water partition coefficient (Wildman–Crippen LogP) is 3.31. The number of nitrogens with zero attached hydrogens (tertiary/aromatic N) is 2. The van der Waals surface area contributed by atoms with Crippen LogP contribution in [0.15, 0.2) is 15.9 Å². The molecule has 1 rings (SSSR count). The van der Waals surface area contributed by atoms with E-state index in [-0.39, 0.29) is 11.8 Å². The van der Waals surface area contributed by atoms with Crippen molar-refractivity contribution in [1.29, 1.82) is 5.26 Å². The molecule has 1 amide bonds. The summed E-state index contributed by atoms with van der Waals surface area (Å²) in [6.45, 7) is 4.45. The van der Waals surface area contributed by atoms with E-state index in [1.54, 1.807) is 23.3 Å². The lowest BCUT2D eigenvalue weighted by Crippen LogP contribution is -2.35. The number of nitriles is 1. The highest BCUT2D eigenvalue weighted by Gasteiger charge is 2.24. The maximum atomic E-state index is 12.0. The average molecular weight is 329 g/mol. The first kappa shape index (κ1) is 15.2. The number of likely N-dealkylation sites (N-methyl/N-ethyl adjacent to an activating group) is 1. The molecule has 18 heavy (non-hydrogen) atoms. The number of carbonyl (C=O) groups is 1. The van der Waals surface area contributed by atoms with Gasteiger partial charge >= 0.3 is 0 Å². The summed E-state index contributed by atoms with van der Waals surface area (Å²) in [5.41, 5.74) is 0. The molecule has 0 bridgehead atoms. The van der Waals surface area contributed by atoms with E-state index in [1.165, 1.54) is 4.88 Å². The third-order valence-corrected chi connectivity index (χ3v) is 4.45. The van der Waals surface area contributed by atoms with Crippen molar-refractivity contribution in [3.05, 3.63) is 20.8 Å². The number of halogens is 1. The van der Waals surface area contributed by atoms with Crippen LogP contribution >= 0.6 is 27.3 Å². The van der Waals surface area contributed by atoms with E-state index in [0.29, 0.717) is 6.54 Å². The summed E-state index contributed by atoms with van der Waals surface area (Å²) in [4.78, 5) is 14.9. The van der Waals surface area contributed by atoms with Gasteiger partial charge in [0.2, 0.25) is 5.91 Å². The van der Waals surface area contributed by atoms with Crippen molar-refractivity contribution in [2.45, 2.75) is 20.3 Å². The lowest BCUT2D eigenvalue weighted by Gasteiger charge is -2.21. The van der Waals surface area contributed by atoms with E-state index in [4.69, 9.17) is 5.26 Å². The van der Waals surface area contributed by atoms with Crippen molar-refractivity contribution in [3.63, 3.8) is 0 Å². The molecule has 0 aliphatic rings. The number of carbonyl (C=O) groups excluding carboxylic acids is 1. The molecule has 1 unspecified atom stereocenters. The van der Waals surface area contributed by atoms with Gasteiger partial charge in [0, 0.05) is 18.5 Å². The molecule has 0 N–H and O–H groups in total. The van der Waals surface area contributed by atoms with Gasteiger partial charge in [-0.1, -0.05) is 13.8 Å². The smallest absolute Gasteiger partial charge is 0.239 e. The van der Waals surface area contributed by atoms with Crippen LogP contribution in [0.4, 0.5) is 0 Å². The van der Waals surface area contributed by atoms with E-state index < -0.39 is 5.92 Å². The standard InChI is InChI=1S/C13H17BrN2OS/c1-9(2)11(8-15)13(17)16(3)7-6-10-4-5-12(14)18-10/h4-5,9,11H,6-7H2,1-3H3. The maximum absolute atomic E-state index is 12.0. The average Bonchev–Trinajstić information content (AvgIpc) is 2.72. The minimum Gasteiger partial charge on any atom is -0.344 e. The van der Waals surface area contributed by atoms with E-state index in [1.807, 2.05) is 19.9 Å². The Balaban J connectivity index is 2.52. The number of rotatable bonds is 5. The molecule has 0 fully saturated rings. The maximum Gasteiger partial charge on any atom is 0.239 e. The number of amides is 1. The van der Waals surface area contributed by atoms with Crippen molar-refractivity contribution in [2.24, 2.45) is 11.8 Å². The fourth-order valence-corrected chi connectivity index (χ4v) is 3.07. The van der Waals surface area contributed by atoms with Crippen LogP contribution in [-0.4, -0.2) is 24.4 Å². The lowest BCUT2D eigenvalue weighted by molar-refractivity contribution is -0.133. The van der Waals surface area contributed by atoms with Crippen LogP contribution in [0.2, 0.25) is 0 Å². The summed E-state index contributed by atoms with van der Waals surface area (Å²) >= 11 is 5.09. The van der Waals surface area contributed by atoms with Gasteiger partial charge in [0.05, 0.1) is 9.86 Å². The molecular weight excluding hydrogens is 312 g/mol. The monoisotopic (exact) mass is 328 g/mol. The molecule has 0 aliphatic carbocycles. The topological polar surface area (TPSA) is 44.1 Å². The lowest BCUT2D eigenvalue weighted by atomic mass is 9.96. The van der Waals surface area contributed by atoms with Gasteiger partial charge in [-0.3, -0.25) is 4.79 Å². The minimum absolute atomic E-state index is 0.0563. The molecule has 0 aromatic carbocycles. The second-order valence-electron chi connectivity index (χ2n) is 4.57. The Hall–Kier alpha value is -0.860. The zero-order valence-corrected chi connectivity index (χ0v) is 13.2. The van der Waals surface area contributed by atoms with Crippen LogP contribution in [-0.2, 0) is 11.2 Å². The van der Waals surface area contributed by atoms with Gasteiger partial charge in [0.1, 0.15) is 5.92 Å². The third kappa shape index (κ3) is 4.11. The summed E-state index contributed by atoms with van der Waals surface area (Å²) < 4.78 is 1.10. The zero-order valence-electron chi connectivity index (χ0n) is 10.8. The van der Waals surface area contributed by atoms with Crippen molar-refractivity contribution < 1.29 is 4.79 Å². The molecule has 0 aliphatic heterocycles. The molecule has 0 spiro atoms. The van der Waals surface area contributed by atoms with Crippen molar-refractivity contribution in [2.75, 3.05) is 13.6 Å². The first-order valence-electron chi connectivity index (χ1n) is 5.84. The highest BCUT2D eigenvalue weighted by molar-refractivity contribution is 9.11. The van der Waals surface area contributed by atoms with Crippen LogP contribution < -0.4 is 0 Å². The van der Waals surface area contributed by atoms with E-state index in [0.717, 1.165) is 10.2 Å². The summed E-state index contributed by atoms with van der Waals surface area (Å²) in [6.07, 6.45) is 0.828. The zero-order chi connectivity index (χ0) is 13.7. The Labute approximate surface area is 121 Å². The Kier molecular flexibility index (Phi) is 5.83. The highest BCUT2D eigenvalue weighted by atomic mass is 79.9. The van der Waals surface area contributed by atoms with Crippen molar-refractivity contribution in [1.82, 2.24) is 4.90 Å². The van der Waals surface area contributed by atoms with Gasteiger partial charge in [-0.15, -0.1) is 11.3 Å².